The molecule has 2 aromatic carbocycles. The molecule has 0 saturated carbocycles. The zero-order chi connectivity index (χ0) is 12.5. The summed E-state index contributed by atoms with van der Waals surface area (Å²) in [6.45, 7) is 2.07. The monoisotopic (exact) mass is 237 g/mol. The molecule has 0 radical (unpaired) electrons. The van der Waals surface area contributed by atoms with E-state index in [9.17, 15) is 4.79 Å². The lowest BCUT2D eigenvalue weighted by molar-refractivity contribution is 0.0972. The second-order valence-electron chi connectivity index (χ2n) is 4.78. The topological polar surface area (TPSA) is 29.1 Å². The molecular weight excluding hydrogens is 222 g/mol. The highest BCUT2D eigenvalue weighted by Gasteiger charge is 2.24. The van der Waals surface area contributed by atoms with E-state index in [-0.39, 0.29) is 11.8 Å². The van der Waals surface area contributed by atoms with Crippen molar-refractivity contribution < 1.29 is 4.79 Å². The smallest absolute Gasteiger partial charge is 0.167 e. The number of para-hydroxylation sites is 1. The maximum absolute atomic E-state index is 12.1. The fraction of sp³-hybridized carbons (Fsp3) is 0.188. The molecule has 18 heavy (non-hydrogen) atoms. The maximum atomic E-state index is 12.1. The van der Waals surface area contributed by atoms with E-state index in [0.29, 0.717) is 6.42 Å². The second-order valence-corrected chi connectivity index (χ2v) is 4.78. The SMILES string of the molecule is Cc1cccc([C@@H]2CC(=O)c3ccccc3N2)c1. The van der Waals surface area contributed by atoms with Crippen LogP contribution in [0, 0.1) is 6.92 Å². The van der Waals surface area contributed by atoms with E-state index >= 15 is 0 Å². The predicted molar refractivity (Wildman–Crippen MR) is 72.9 cm³/mol. The van der Waals surface area contributed by atoms with Crippen LogP contribution in [0.25, 0.3) is 0 Å². The summed E-state index contributed by atoms with van der Waals surface area (Å²) in [7, 11) is 0. The average Bonchev–Trinajstić information content (AvgIpc) is 2.39. The van der Waals surface area contributed by atoms with Gasteiger partial charge in [0, 0.05) is 17.7 Å². The number of hydrogen-bond donors (Lipinski definition) is 1. The Morgan fingerprint density at radius 2 is 1.94 bits per heavy atom. The zero-order valence-corrected chi connectivity index (χ0v) is 10.3. The van der Waals surface area contributed by atoms with Gasteiger partial charge in [0.2, 0.25) is 0 Å². The number of rotatable bonds is 1. The Morgan fingerprint density at radius 3 is 2.78 bits per heavy atom. The zero-order valence-electron chi connectivity index (χ0n) is 10.3. The lowest BCUT2D eigenvalue weighted by Gasteiger charge is -2.26. The molecule has 1 aliphatic heterocycles. The Bertz CT molecular complexity index is 604. The van der Waals surface area contributed by atoms with Gasteiger partial charge < -0.3 is 5.32 Å². The van der Waals surface area contributed by atoms with Gasteiger partial charge in [0.25, 0.3) is 0 Å². The highest BCUT2D eigenvalue weighted by Crippen LogP contribution is 2.32. The molecular formula is C16H15NO. The van der Waals surface area contributed by atoms with E-state index < -0.39 is 0 Å². The minimum Gasteiger partial charge on any atom is -0.377 e. The number of benzene rings is 2. The van der Waals surface area contributed by atoms with Crippen LogP contribution >= 0.6 is 0 Å². The third-order valence-electron chi connectivity index (χ3n) is 3.39. The van der Waals surface area contributed by atoms with Crippen molar-refractivity contribution in [3.63, 3.8) is 0 Å². The van der Waals surface area contributed by atoms with Crippen LogP contribution in [0.5, 0.6) is 0 Å². The van der Waals surface area contributed by atoms with Crippen LogP contribution in [0.3, 0.4) is 0 Å². The van der Waals surface area contributed by atoms with Gasteiger partial charge in [0.1, 0.15) is 0 Å². The van der Waals surface area contributed by atoms with Crippen LogP contribution in [-0.2, 0) is 0 Å². The Hall–Kier alpha value is -2.09. The van der Waals surface area contributed by atoms with Crippen molar-refractivity contribution in [2.24, 2.45) is 0 Å². The fourth-order valence-electron chi connectivity index (χ4n) is 2.47. The molecule has 1 atom stereocenters. The molecule has 0 saturated heterocycles. The number of carbonyl (C=O) groups excluding carboxylic acids is 1. The molecule has 1 aliphatic rings. The number of carbonyl (C=O) groups is 1. The van der Waals surface area contributed by atoms with Crippen LogP contribution in [-0.4, -0.2) is 5.78 Å². The van der Waals surface area contributed by atoms with E-state index in [0.717, 1.165) is 11.3 Å². The van der Waals surface area contributed by atoms with Crippen LogP contribution in [0.2, 0.25) is 0 Å². The number of fused-ring (bicyclic) bond motifs is 1. The molecule has 0 bridgehead atoms. The lowest BCUT2D eigenvalue weighted by Crippen LogP contribution is -2.22. The first-order valence-corrected chi connectivity index (χ1v) is 6.19. The standard InChI is InChI=1S/C16H15NO/c1-11-5-4-6-12(9-11)15-10-16(18)13-7-2-3-8-14(13)17-15/h2-9,15,17H,10H2,1H3/t15-/m0/s1. The molecule has 90 valence electrons. The van der Waals surface area contributed by atoms with Gasteiger partial charge in [-0.3, -0.25) is 4.79 Å². The van der Waals surface area contributed by atoms with Crippen molar-refractivity contribution in [1.82, 2.24) is 0 Å². The Balaban J connectivity index is 1.97. The van der Waals surface area contributed by atoms with Gasteiger partial charge >= 0.3 is 0 Å². The number of aryl methyl sites for hydroxylation is 1. The lowest BCUT2D eigenvalue weighted by atomic mass is 9.92. The number of nitrogens with one attached hydrogen (secondary N) is 1. The van der Waals surface area contributed by atoms with Crippen LogP contribution in [0.1, 0.15) is 33.9 Å². The number of ketones is 1. The quantitative estimate of drug-likeness (QED) is 0.818. The Kier molecular flexibility index (Phi) is 2.63. The van der Waals surface area contributed by atoms with Crippen LogP contribution < -0.4 is 5.32 Å². The number of Topliss-reactive ketones (excluding diaryl/α,β-unsaturated/α-hetero) is 1. The summed E-state index contributed by atoms with van der Waals surface area (Å²) in [6.07, 6.45) is 0.528. The van der Waals surface area contributed by atoms with Crippen LogP contribution in [0.4, 0.5) is 5.69 Å². The third kappa shape index (κ3) is 1.90. The van der Waals surface area contributed by atoms with Gasteiger partial charge in [0.05, 0.1) is 6.04 Å². The van der Waals surface area contributed by atoms with Crippen molar-refractivity contribution in [2.75, 3.05) is 5.32 Å². The van der Waals surface area contributed by atoms with Crippen molar-refractivity contribution in [2.45, 2.75) is 19.4 Å². The van der Waals surface area contributed by atoms with E-state index in [4.69, 9.17) is 0 Å². The molecule has 0 spiro atoms. The van der Waals surface area contributed by atoms with E-state index in [1.54, 1.807) is 0 Å². The first-order chi connectivity index (χ1) is 8.74. The summed E-state index contributed by atoms with van der Waals surface area (Å²) in [6, 6.07) is 16.1. The van der Waals surface area contributed by atoms with Gasteiger partial charge in [-0.25, -0.2) is 0 Å². The van der Waals surface area contributed by atoms with Crippen molar-refractivity contribution in [3.8, 4) is 0 Å². The molecule has 0 aliphatic carbocycles. The van der Waals surface area contributed by atoms with Gasteiger partial charge in [-0.05, 0) is 24.6 Å². The van der Waals surface area contributed by atoms with E-state index in [2.05, 4.69) is 30.4 Å². The summed E-state index contributed by atoms with van der Waals surface area (Å²) in [4.78, 5) is 12.1. The minimum atomic E-state index is 0.0901. The summed E-state index contributed by atoms with van der Waals surface area (Å²) in [5.41, 5.74) is 4.15. The molecule has 0 unspecified atom stereocenters. The molecule has 2 nitrogen and oxygen atoms in total. The van der Waals surface area contributed by atoms with E-state index in [1.165, 1.54) is 11.1 Å². The normalized spacial score (nSPS) is 18.1. The second kappa shape index (κ2) is 4.30. The minimum absolute atomic E-state index is 0.0901. The highest BCUT2D eigenvalue weighted by atomic mass is 16.1. The van der Waals surface area contributed by atoms with Gasteiger partial charge in [-0.2, -0.15) is 0 Å². The molecule has 0 aromatic heterocycles. The van der Waals surface area contributed by atoms with Crippen LogP contribution in [0.15, 0.2) is 48.5 Å². The fourth-order valence-corrected chi connectivity index (χ4v) is 2.47. The molecule has 3 rings (SSSR count). The molecule has 1 N–H and O–H groups in total. The maximum Gasteiger partial charge on any atom is 0.167 e. The summed E-state index contributed by atoms with van der Waals surface area (Å²) >= 11 is 0. The molecule has 0 fully saturated rings. The molecule has 2 aromatic rings. The first kappa shape index (κ1) is 11.0. The third-order valence-corrected chi connectivity index (χ3v) is 3.39. The largest absolute Gasteiger partial charge is 0.377 e. The van der Waals surface area contributed by atoms with Crippen molar-refractivity contribution >= 4 is 11.5 Å². The first-order valence-electron chi connectivity index (χ1n) is 6.19. The van der Waals surface area contributed by atoms with Crippen molar-refractivity contribution in [3.05, 3.63) is 65.2 Å². The molecule has 0 amide bonds. The summed E-state index contributed by atoms with van der Waals surface area (Å²) in [5, 5.41) is 3.45. The summed E-state index contributed by atoms with van der Waals surface area (Å²) < 4.78 is 0. The van der Waals surface area contributed by atoms with Gasteiger partial charge in [-0.1, -0.05) is 42.0 Å². The number of hydrogen-bond acceptors (Lipinski definition) is 2. The van der Waals surface area contributed by atoms with Gasteiger partial charge in [0.15, 0.2) is 5.78 Å². The average molecular weight is 237 g/mol. The molecule has 2 heteroatoms. The highest BCUT2D eigenvalue weighted by molar-refractivity contribution is 6.03. The van der Waals surface area contributed by atoms with E-state index in [1.807, 2.05) is 30.3 Å². The predicted octanol–water partition coefficient (Wildman–Crippen LogP) is 3.73. The number of anilines is 1. The Morgan fingerprint density at radius 1 is 1.11 bits per heavy atom. The summed E-state index contributed by atoms with van der Waals surface area (Å²) in [5.74, 6) is 0.218. The van der Waals surface area contributed by atoms with Gasteiger partial charge in [-0.15, -0.1) is 0 Å². The molecule has 1 heterocycles. The van der Waals surface area contributed by atoms with Crippen molar-refractivity contribution in [1.29, 1.82) is 0 Å². The Labute approximate surface area is 107 Å².